The van der Waals surface area contributed by atoms with Gasteiger partial charge in [-0.2, -0.15) is 5.10 Å². The third kappa shape index (κ3) is 3.59. The Hall–Kier alpha value is -3.46. The number of rotatable bonds is 5. The normalized spacial score (nSPS) is 11.2. The molecule has 3 aromatic heterocycles. The lowest BCUT2D eigenvalue weighted by Crippen LogP contribution is -2.41. The Morgan fingerprint density at radius 1 is 1.13 bits per heavy atom. The molecule has 0 atom stereocenters. The molecule has 9 heteroatoms. The number of fused-ring (bicyclic) bond motifs is 1. The van der Waals surface area contributed by atoms with Crippen LogP contribution in [-0.2, 0) is 17.9 Å². The summed E-state index contributed by atoms with van der Waals surface area (Å²) in [6.45, 7) is 5.53. The van der Waals surface area contributed by atoms with E-state index in [1.54, 1.807) is 6.07 Å². The zero-order valence-corrected chi connectivity index (χ0v) is 17.7. The van der Waals surface area contributed by atoms with Crippen LogP contribution in [0.25, 0.3) is 10.2 Å². The molecule has 3 heterocycles. The fourth-order valence-electron chi connectivity index (χ4n) is 3.36. The number of aromatic nitrogens is 4. The van der Waals surface area contributed by atoms with Crippen molar-refractivity contribution in [3.63, 3.8) is 0 Å². The Balaban J connectivity index is 1.81. The maximum absolute atomic E-state index is 13.3. The lowest BCUT2D eigenvalue weighted by atomic mass is 10.2. The van der Waals surface area contributed by atoms with Gasteiger partial charge >= 0.3 is 5.69 Å². The summed E-state index contributed by atoms with van der Waals surface area (Å²) < 4.78 is 2.57. The highest BCUT2D eigenvalue weighted by molar-refractivity contribution is 7.18. The summed E-state index contributed by atoms with van der Waals surface area (Å²) in [5.74, 6) is -0.00328. The smallest absolute Gasteiger partial charge is 0.308 e. The van der Waals surface area contributed by atoms with Crippen LogP contribution in [0.4, 0.5) is 5.82 Å². The monoisotopic (exact) mass is 423 g/mol. The Morgan fingerprint density at radius 2 is 1.87 bits per heavy atom. The lowest BCUT2D eigenvalue weighted by Gasteiger charge is -2.12. The van der Waals surface area contributed by atoms with E-state index >= 15 is 0 Å². The fraction of sp³-hybridized carbons (Fsp3) is 0.238. The van der Waals surface area contributed by atoms with E-state index in [1.165, 1.54) is 20.5 Å². The molecule has 0 aliphatic rings. The van der Waals surface area contributed by atoms with E-state index in [9.17, 15) is 14.4 Å². The van der Waals surface area contributed by atoms with Gasteiger partial charge < -0.3 is 5.32 Å². The van der Waals surface area contributed by atoms with Gasteiger partial charge in [-0.1, -0.05) is 30.3 Å². The average molecular weight is 423 g/mol. The number of hydrogen-bond donors (Lipinski definition) is 2. The fourth-order valence-corrected chi connectivity index (χ4v) is 4.50. The Morgan fingerprint density at radius 3 is 2.53 bits per heavy atom. The molecule has 1 aromatic carbocycles. The van der Waals surface area contributed by atoms with E-state index in [4.69, 9.17) is 0 Å². The van der Waals surface area contributed by atoms with Crippen molar-refractivity contribution in [1.82, 2.24) is 19.3 Å². The third-order valence-corrected chi connectivity index (χ3v) is 6.22. The number of aryl methyl sites for hydroxylation is 3. The zero-order chi connectivity index (χ0) is 21.4. The number of aromatic amines is 1. The number of nitrogens with zero attached hydrogens (tertiary/aromatic N) is 3. The van der Waals surface area contributed by atoms with Crippen LogP contribution in [0, 0.1) is 20.8 Å². The molecule has 0 saturated heterocycles. The number of amides is 1. The van der Waals surface area contributed by atoms with Gasteiger partial charge in [-0.3, -0.25) is 23.8 Å². The third-order valence-electron chi connectivity index (χ3n) is 4.99. The van der Waals surface area contributed by atoms with E-state index in [1.807, 2.05) is 51.1 Å². The van der Waals surface area contributed by atoms with Crippen molar-refractivity contribution >= 4 is 33.3 Å². The van der Waals surface area contributed by atoms with Crippen molar-refractivity contribution < 1.29 is 4.79 Å². The topological polar surface area (TPSA) is 102 Å². The van der Waals surface area contributed by atoms with Gasteiger partial charge in [0.15, 0.2) is 5.82 Å². The standard InChI is InChI=1S/C21H21N5O3S/c1-12-9-16(24-23-12)22-17(27)11-26-20-18(13(2)14(3)30-20)19(28)25(21(26)29)10-15-7-5-4-6-8-15/h4-9H,10-11H2,1-3H3,(H2,22,23,24,27). The molecule has 0 fully saturated rings. The first-order valence-corrected chi connectivity index (χ1v) is 10.3. The summed E-state index contributed by atoms with van der Waals surface area (Å²) in [6, 6.07) is 11.0. The Labute approximate surface area is 175 Å². The Kier molecular flexibility index (Phi) is 5.13. The maximum Gasteiger partial charge on any atom is 0.332 e. The minimum Gasteiger partial charge on any atom is -0.308 e. The van der Waals surface area contributed by atoms with Gasteiger partial charge in [-0.05, 0) is 31.9 Å². The predicted molar refractivity (Wildman–Crippen MR) is 117 cm³/mol. The van der Waals surface area contributed by atoms with E-state index in [-0.39, 0.29) is 18.6 Å². The molecule has 8 nitrogen and oxygen atoms in total. The maximum atomic E-state index is 13.3. The largest absolute Gasteiger partial charge is 0.332 e. The molecule has 2 N–H and O–H groups in total. The number of thiophene rings is 1. The van der Waals surface area contributed by atoms with Crippen molar-refractivity contribution in [3.05, 3.63) is 78.9 Å². The molecule has 0 saturated carbocycles. The lowest BCUT2D eigenvalue weighted by molar-refractivity contribution is -0.116. The second kappa shape index (κ2) is 7.75. The summed E-state index contributed by atoms with van der Waals surface area (Å²) in [5, 5.41) is 9.92. The predicted octanol–water partition coefficient (Wildman–Crippen LogP) is 2.56. The quantitative estimate of drug-likeness (QED) is 0.515. The first-order valence-electron chi connectivity index (χ1n) is 9.44. The average Bonchev–Trinajstić information content (AvgIpc) is 3.26. The summed E-state index contributed by atoms with van der Waals surface area (Å²) in [4.78, 5) is 40.5. The van der Waals surface area contributed by atoms with E-state index < -0.39 is 11.6 Å². The highest BCUT2D eigenvalue weighted by Gasteiger charge is 2.20. The van der Waals surface area contributed by atoms with Gasteiger partial charge in [-0.25, -0.2) is 4.79 Å². The van der Waals surface area contributed by atoms with Crippen LogP contribution in [0.3, 0.4) is 0 Å². The van der Waals surface area contributed by atoms with E-state index in [0.717, 1.165) is 21.7 Å². The van der Waals surface area contributed by atoms with Crippen LogP contribution in [0.1, 0.15) is 21.7 Å². The van der Waals surface area contributed by atoms with Gasteiger partial charge in [0.05, 0.1) is 11.9 Å². The molecular formula is C21H21N5O3S. The van der Waals surface area contributed by atoms with Gasteiger partial charge in [0, 0.05) is 16.6 Å². The number of H-pyrrole nitrogens is 1. The summed E-state index contributed by atoms with van der Waals surface area (Å²) in [5.41, 5.74) is 1.64. The van der Waals surface area contributed by atoms with Crippen LogP contribution < -0.4 is 16.6 Å². The van der Waals surface area contributed by atoms with Crippen LogP contribution in [0.2, 0.25) is 0 Å². The first-order chi connectivity index (χ1) is 14.3. The number of anilines is 1. The van der Waals surface area contributed by atoms with Gasteiger partial charge in [0.2, 0.25) is 5.91 Å². The number of carbonyl (C=O) groups excluding carboxylic acids is 1. The molecule has 0 radical (unpaired) electrons. The van der Waals surface area contributed by atoms with Crippen molar-refractivity contribution in [2.24, 2.45) is 0 Å². The molecule has 0 bridgehead atoms. The molecule has 0 unspecified atom stereocenters. The minimum absolute atomic E-state index is 0.142. The van der Waals surface area contributed by atoms with Gasteiger partial charge in [0.25, 0.3) is 5.56 Å². The second-order valence-electron chi connectivity index (χ2n) is 7.19. The van der Waals surface area contributed by atoms with Crippen molar-refractivity contribution in [3.8, 4) is 0 Å². The van der Waals surface area contributed by atoms with E-state index in [2.05, 4.69) is 15.5 Å². The minimum atomic E-state index is -0.508. The van der Waals surface area contributed by atoms with Gasteiger partial charge in [-0.15, -0.1) is 11.3 Å². The molecular weight excluding hydrogens is 402 g/mol. The van der Waals surface area contributed by atoms with Gasteiger partial charge in [0.1, 0.15) is 11.4 Å². The number of carbonyl (C=O) groups is 1. The van der Waals surface area contributed by atoms with Crippen molar-refractivity contribution in [1.29, 1.82) is 0 Å². The molecule has 4 rings (SSSR count). The Bertz CT molecular complexity index is 1360. The molecule has 1 amide bonds. The van der Waals surface area contributed by atoms with Crippen LogP contribution >= 0.6 is 11.3 Å². The van der Waals surface area contributed by atoms with Crippen LogP contribution in [-0.4, -0.2) is 25.2 Å². The number of benzene rings is 1. The second-order valence-corrected chi connectivity index (χ2v) is 8.40. The SMILES string of the molecule is Cc1cc(NC(=O)Cn2c(=O)n(Cc3ccccc3)c(=O)c3c(C)c(C)sc32)n[nH]1. The van der Waals surface area contributed by atoms with Crippen LogP contribution in [0.5, 0.6) is 0 Å². The van der Waals surface area contributed by atoms with Crippen molar-refractivity contribution in [2.45, 2.75) is 33.9 Å². The molecule has 0 aliphatic heterocycles. The first kappa shape index (κ1) is 19.8. The molecule has 154 valence electrons. The number of hydrogen-bond acceptors (Lipinski definition) is 5. The molecule has 30 heavy (non-hydrogen) atoms. The summed E-state index contributed by atoms with van der Waals surface area (Å²) >= 11 is 1.35. The molecule has 0 spiro atoms. The summed E-state index contributed by atoms with van der Waals surface area (Å²) in [6.07, 6.45) is 0. The molecule has 4 aromatic rings. The highest BCUT2D eigenvalue weighted by Crippen LogP contribution is 2.26. The molecule has 0 aliphatic carbocycles. The zero-order valence-electron chi connectivity index (χ0n) is 16.9. The summed E-state index contributed by atoms with van der Waals surface area (Å²) in [7, 11) is 0. The number of nitrogens with one attached hydrogen (secondary N) is 2. The van der Waals surface area contributed by atoms with E-state index in [0.29, 0.717) is 16.0 Å². The van der Waals surface area contributed by atoms with Crippen molar-refractivity contribution in [2.75, 3.05) is 5.32 Å². The highest BCUT2D eigenvalue weighted by atomic mass is 32.1. The van der Waals surface area contributed by atoms with Crippen LogP contribution in [0.15, 0.2) is 46.0 Å².